The molecule has 0 N–H and O–H groups in total. The Labute approximate surface area is 274 Å². The molecule has 0 saturated carbocycles. The fraction of sp³-hybridized carbons (Fsp3) is 0.581. The van der Waals surface area contributed by atoms with Crippen molar-refractivity contribution in [2.24, 2.45) is 0 Å². The molecule has 0 nitrogen and oxygen atoms in total. The van der Waals surface area contributed by atoms with Crippen molar-refractivity contribution in [1.82, 2.24) is 0 Å². The Morgan fingerprint density at radius 3 is 0.523 bits per heavy atom. The largest absolute Gasteiger partial charge is 0.109 e. The zero-order valence-electron chi connectivity index (χ0n) is 32.1. The minimum absolute atomic E-state index is 0.0501. The van der Waals surface area contributed by atoms with Gasteiger partial charge in [0.15, 0.2) is 0 Å². The summed E-state index contributed by atoms with van der Waals surface area (Å²) in [6, 6.07) is 22.9. The molecule has 44 heavy (non-hydrogen) atoms. The number of hydrogen-bond donors (Lipinski definition) is 0. The van der Waals surface area contributed by atoms with E-state index in [1.165, 1.54) is 49.3 Å². The van der Waals surface area contributed by atoms with Crippen LogP contribution in [0.4, 0.5) is 0 Å². The van der Waals surface area contributed by atoms with Gasteiger partial charge in [-0.1, -0.05) is 143 Å². The molecule has 0 spiro atoms. The topological polar surface area (TPSA) is 0 Å². The van der Waals surface area contributed by atoms with Gasteiger partial charge in [-0.2, -0.15) is 0 Å². The van der Waals surface area contributed by atoms with Crippen molar-refractivity contribution in [3.05, 3.63) is 88.0 Å². The molecule has 0 aliphatic carbocycles. The molecule has 0 aliphatic heterocycles. The summed E-state index contributed by atoms with van der Waals surface area (Å²) in [5, 5.41) is 4.48. The van der Waals surface area contributed by atoms with Crippen LogP contribution in [-0.4, -0.2) is 6.66 Å². The molecule has 3 aromatic rings. The number of rotatable bonds is 3. The van der Waals surface area contributed by atoms with E-state index in [9.17, 15) is 0 Å². The number of hydrogen-bond acceptors (Lipinski definition) is 0. The van der Waals surface area contributed by atoms with Crippen molar-refractivity contribution in [2.75, 3.05) is 6.66 Å². The molecule has 0 atom stereocenters. The predicted octanol–water partition coefficient (Wildman–Crippen LogP) is 11.4. The maximum absolute atomic E-state index is 2.61. The first-order valence-electron chi connectivity index (χ1n) is 16.8. The van der Waals surface area contributed by atoms with Crippen LogP contribution in [0.2, 0.25) is 0 Å². The van der Waals surface area contributed by atoms with Gasteiger partial charge in [-0.25, -0.2) is 0 Å². The highest BCUT2D eigenvalue weighted by Crippen LogP contribution is 2.54. The third-order valence-electron chi connectivity index (χ3n) is 9.50. The van der Waals surface area contributed by atoms with Gasteiger partial charge in [0.25, 0.3) is 0 Å². The summed E-state index contributed by atoms with van der Waals surface area (Å²) in [5.41, 5.74) is 8.87. The average molecular weight is 614 g/mol. The van der Waals surface area contributed by atoms with E-state index in [-0.39, 0.29) is 32.5 Å². The summed E-state index contributed by atoms with van der Waals surface area (Å²) in [6.07, 6.45) is 0. The van der Waals surface area contributed by atoms with E-state index in [4.69, 9.17) is 0 Å². The molecular formula is C43H66P+. The lowest BCUT2D eigenvalue weighted by Gasteiger charge is -2.33. The molecule has 0 saturated heterocycles. The first kappa shape index (κ1) is 36.6. The Hall–Kier alpha value is -1.91. The van der Waals surface area contributed by atoms with Crippen molar-refractivity contribution in [1.29, 1.82) is 0 Å². The van der Waals surface area contributed by atoms with E-state index in [1.54, 1.807) is 0 Å². The Balaban J connectivity index is 2.68. The highest BCUT2D eigenvalue weighted by molar-refractivity contribution is 7.95. The summed E-state index contributed by atoms with van der Waals surface area (Å²) in [5.74, 6) is 0. The van der Waals surface area contributed by atoms with Crippen molar-refractivity contribution in [3.63, 3.8) is 0 Å². The molecule has 0 aromatic heterocycles. The van der Waals surface area contributed by atoms with Crippen LogP contribution in [0.25, 0.3) is 0 Å². The maximum atomic E-state index is 2.61. The monoisotopic (exact) mass is 613 g/mol. The maximum Gasteiger partial charge on any atom is 0.109 e. The molecule has 0 unspecified atom stereocenters. The van der Waals surface area contributed by atoms with Crippen LogP contribution in [0.15, 0.2) is 54.6 Å². The second-order valence-electron chi connectivity index (χ2n) is 19.8. The molecule has 0 radical (unpaired) electrons. The van der Waals surface area contributed by atoms with Gasteiger partial charge in [0.05, 0.1) is 6.66 Å². The summed E-state index contributed by atoms with van der Waals surface area (Å²) in [7, 11) is -2.11. The zero-order chi connectivity index (χ0) is 34.1. The minimum Gasteiger partial charge on any atom is -0.0561 e. The van der Waals surface area contributed by atoms with Crippen molar-refractivity contribution < 1.29 is 0 Å². The van der Waals surface area contributed by atoms with Gasteiger partial charge in [-0.05, 0) is 102 Å². The fourth-order valence-electron chi connectivity index (χ4n) is 5.65. The molecule has 0 heterocycles. The smallest absolute Gasteiger partial charge is 0.0561 e. The Kier molecular flexibility index (Phi) is 9.48. The second kappa shape index (κ2) is 11.4. The standard InChI is InChI=1S/C43H66P/c1-38(2,3)29-20-30(39(4,5)6)24-35(23-29)44(19,36-25-31(40(7,8)9)21-32(26-36)41(10,11)12)37-27-33(42(13,14)15)22-34(28-37)43(16,17)18/h20-28H,1-19H3/q+1. The molecule has 1 heteroatoms. The normalized spacial score (nSPS) is 14.2. The summed E-state index contributed by atoms with van der Waals surface area (Å²) in [6.45, 7) is 45.2. The summed E-state index contributed by atoms with van der Waals surface area (Å²) in [4.78, 5) is 0. The van der Waals surface area contributed by atoms with Crippen LogP contribution >= 0.6 is 7.26 Å². The summed E-state index contributed by atoms with van der Waals surface area (Å²) < 4.78 is 0. The van der Waals surface area contributed by atoms with Gasteiger partial charge in [0.2, 0.25) is 0 Å². The van der Waals surface area contributed by atoms with Crippen LogP contribution in [-0.2, 0) is 32.5 Å². The lowest BCUT2D eigenvalue weighted by Crippen LogP contribution is -2.35. The van der Waals surface area contributed by atoms with Crippen LogP contribution in [0.1, 0.15) is 158 Å². The van der Waals surface area contributed by atoms with Crippen LogP contribution < -0.4 is 15.9 Å². The van der Waals surface area contributed by atoms with E-state index in [2.05, 4.69) is 186 Å². The molecule has 3 rings (SSSR count). The zero-order valence-corrected chi connectivity index (χ0v) is 33.0. The third-order valence-corrected chi connectivity index (χ3v) is 13.4. The molecule has 0 amide bonds. The SMILES string of the molecule is CC(C)(C)c1cc(C(C)(C)C)cc([P+](C)(c2cc(C(C)(C)C)cc(C(C)(C)C)c2)c2cc(C(C)(C)C)cc(C(C)(C)C)c2)c1. The van der Waals surface area contributed by atoms with Crippen LogP contribution in [0.3, 0.4) is 0 Å². The van der Waals surface area contributed by atoms with Gasteiger partial charge in [-0.15, -0.1) is 0 Å². The van der Waals surface area contributed by atoms with Crippen molar-refractivity contribution in [2.45, 2.75) is 157 Å². The summed E-state index contributed by atoms with van der Waals surface area (Å²) >= 11 is 0. The van der Waals surface area contributed by atoms with Crippen molar-refractivity contribution in [3.8, 4) is 0 Å². The molecule has 3 aromatic carbocycles. The highest BCUT2D eigenvalue weighted by atomic mass is 31.2. The van der Waals surface area contributed by atoms with Crippen LogP contribution in [0.5, 0.6) is 0 Å². The van der Waals surface area contributed by atoms with Crippen LogP contribution in [0, 0.1) is 0 Å². The van der Waals surface area contributed by atoms with Gasteiger partial charge in [-0.3, -0.25) is 0 Å². The molecule has 242 valence electrons. The fourth-order valence-corrected chi connectivity index (χ4v) is 8.93. The Morgan fingerprint density at radius 2 is 0.409 bits per heavy atom. The third kappa shape index (κ3) is 7.89. The first-order valence-corrected chi connectivity index (χ1v) is 19.1. The lowest BCUT2D eigenvalue weighted by atomic mass is 9.81. The van der Waals surface area contributed by atoms with E-state index in [0.29, 0.717) is 0 Å². The first-order chi connectivity index (χ1) is 19.4. The predicted molar refractivity (Wildman–Crippen MR) is 203 cm³/mol. The lowest BCUT2D eigenvalue weighted by molar-refractivity contribution is 0.569. The highest BCUT2D eigenvalue weighted by Gasteiger charge is 2.44. The molecule has 0 fully saturated rings. The van der Waals surface area contributed by atoms with E-state index in [0.717, 1.165) is 0 Å². The van der Waals surface area contributed by atoms with E-state index < -0.39 is 7.26 Å². The minimum atomic E-state index is -2.11. The quantitative estimate of drug-likeness (QED) is 0.258. The van der Waals surface area contributed by atoms with Gasteiger partial charge in [0, 0.05) is 0 Å². The van der Waals surface area contributed by atoms with E-state index in [1.807, 2.05) is 0 Å². The number of benzene rings is 3. The molecule has 0 aliphatic rings. The van der Waals surface area contributed by atoms with Gasteiger partial charge >= 0.3 is 0 Å². The van der Waals surface area contributed by atoms with Gasteiger partial charge < -0.3 is 0 Å². The molecule has 0 bridgehead atoms. The van der Waals surface area contributed by atoms with Crippen molar-refractivity contribution >= 4 is 23.2 Å². The average Bonchev–Trinajstić information content (AvgIpc) is 2.84. The van der Waals surface area contributed by atoms with Gasteiger partial charge in [0.1, 0.15) is 23.2 Å². The molecular weight excluding hydrogens is 547 g/mol. The van der Waals surface area contributed by atoms with E-state index >= 15 is 0 Å². The second-order valence-corrected chi connectivity index (χ2v) is 23.4. The Bertz CT molecular complexity index is 1210. The Morgan fingerprint density at radius 1 is 0.273 bits per heavy atom.